The Hall–Kier alpha value is -2.69. The maximum Gasteiger partial charge on any atom is 0.229 e. The summed E-state index contributed by atoms with van der Waals surface area (Å²) in [5, 5.41) is 0. The highest BCUT2D eigenvalue weighted by molar-refractivity contribution is 5.98. The van der Waals surface area contributed by atoms with Crippen LogP contribution < -0.4 is 5.73 Å². The number of H-pyrrole nitrogens is 1. The van der Waals surface area contributed by atoms with Gasteiger partial charge in [-0.05, 0) is 24.3 Å². The summed E-state index contributed by atoms with van der Waals surface area (Å²) < 4.78 is 0. The van der Waals surface area contributed by atoms with E-state index >= 15 is 0 Å². The van der Waals surface area contributed by atoms with Crippen molar-refractivity contribution in [3.05, 3.63) is 54.4 Å². The van der Waals surface area contributed by atoms with Crippen LogP contribution in [0.15, 0.2) is 53.8 Å². The Labute approximate surface area is 103 Å². The van der Waals surface area contributed by atoms with Gasteiger partial charge in [0.2, 0.25) is 5.95 Å². The second kappa shape index (κ2) is 4.29. The molecule has 3 aromatic rings. The number of benzene rings is 1. The number of aliphatic imine (C=N–C) groups is 1. The summed E-state index contributed by atoms with van der Waals surface area (Å²) in [4.78, 5) is 15.6. The Balaban J connectivity index is 2.00. The molecule has 2 aromatic heterocycles. The second-order valence-corrected chi connectivity index (χ2v) is 3.81. The van der Waals surface area contributed by atoms with Crippen molar-refractivity contribution in [2.75, 3.05) is 0 Å². The molecule has 5 heteroatoms. The van der Waals surface area contributed by atoms with E-state index in [0.717, 1.165) is 16.6 Å². The molecule has 0 saturated carbocycles. The highest BCUT2D eigenvalue weighted by Crippen LogP contribution is 2.15. The molecule has 0 aliphatic heterocycles. The van der Waals surface area contributed by atoms with Crippen molar-refractivity contribution in [1.29, 1.82) is 0 Å². The Morgan fingerprint density at radius 2 is 1.89 bits per heavy atom. The number of imidazole rings is 1. The van der Waals surface area contributed by atoms with Crippen molar-refractivity contribution in [2.45, 2.75) is 0 Å². The number of rotatable bonds is 2. The van der Waals surface area contributed by atoms with E-state index in [1.807, 2.05) is 36.4 Å². The smallest absolute Gasteiger partial charge is 0.229 e. The van der Waals surface area contributed by atoms with Crippen LogP contribution in [0.2, 0.25) is 0 Å². The minimum Gasteiger partial charge on any atom is -0.383 e. The molecule has 0 aliphatic carbocycles. The van der Waals surface area contributed by atoms with Crippen molar-refractivity contribution >= 4 is 22.8 Å². The number of nitrogens with one attached hydrogen (secondary N) is 1. The lowest BCUT2D eigenvalue weighted by Gasteiger charge is -1.97. The van der Waals surface area contributed by atoms with Crippen LogP contribution in [0, 0.1) is 0 Å². The highest BCUT2D eigenvalue weighted by atomic mass is 15.1. The quantitative estimate of drug-likeness (QED) is 0.528. The van der Waals surface area contributed by atoms with E-state index in [4.69, 9.17) is 5.73 Å². The zero-order chi connectivity index (χ0) is 12.4. The maximum absolute atomic E-state index is 5.91. The molecular formula is C13H11N5. The van der Waals surface area contributed by atoms with Gasteiger partial charge in [0, 0.05) is 18.0 Å². The lowest BCUT2D eigenvalue weighted by molar-refractivity contribution is 1.25. The summed E-state index contributed by atoms with van der Waals surface area (Å²) in [5.74, 6) is 0.918. The average molecular weight is 237 g/mol. The third kappa shape index (κ3) is 1.93. The van der Waals surface area contributed by atoms with Crippen LogP contribution in [0.4, 0.5) is 5.95 Å². The summed E-state index contributed by atoms with van der Waals surface area (Å²) in [6.07, 6.45) is 3.35. The number of amidine groups is 1. The molecule has 2 heterocycles. The van der Waals surface area contributed by atoms with E-state index in [-0.39, 0.29) is 0 Å². The van der Waals surface area contributed by atoms with Crippen LogP contribution in [0.3, 0.4) is 0 Å². The molecule has 88 valence electrons. The summed E-state index contributed by atoms with van der Waals surface area (Å²) in [6, 6.07) is 11.4. The lowest BCUT2D eigenvalue weighted by atomic mass is 10.2. The highest BCUT2D eigenvalue weighted by Gasteiger charge is 2.02. The van der Waals surface area contributed by atoms with Crippen LogP contribution in [0.25, 0.3) is 11.0 Å². The Morgan fingerprint density at radius 3 is 2.67 bits per heavy atom. The van der Waals surface area contributed by atoms with Crippen molar-refractivity contribution in [3.8, 4) is 0 Å². The Bertz CT molecular complexity index is 666. The minimum atomic E-state index is 0.413. The fourth-order valence-electron chi connectivity index (χ4n) is 1.69. The Kier molecular flexibility index (Phi) is 2.49. The molecule has 0 atom stereocenters. The third-order valence-corrected chi connectivity index (χ3v) is 2.58. The Morgan fingerprint density at radius 1 is 1.11 bits per heavy atom. The van der Waals surface area contributed by atoms with E-state index in [1.165, 1.54) is 0 Å². The molecule has 0 amide bonds. The van der Waals surface area contributed by atoms with E-state index in [1.54, 1.807) is 12.4 Å². The summed E-state index contributed by atoms with van der Waals surface area (Å²) >= 11 is 0. The van der Waals surface area contributed by atoms with Crippen LogP contribution in [-0.4, -0.2) is 20.8 Å². The van der Waals surface area contributed by atoms with Gasteiger partial charge in [-0.3, -0.25) is 4.98 Å². The fraction of sp³-hybridized carbons (Fsp3) is 0. The molecule has 3 rings (SSSR count). The van der Waals surface area contributed by atoms with Gasteiger partial charge in [-0.15, -0.1) is 0 Å². The number of para-hydroxylation sites is 2. The first-order valence-corrected chi connectivity index (χ1v) is 5.52. The lowest BCUT2D eigenvalue weighted by Crippen LogP contribution is -2.12. The molecule has 3 N–H and O–H groups in total. The minimum absolute atomic E-state index is 0.413. The van der Waals surface area contributed by atoms with E-state index in [2.05, 4.69) is 19.9 Å². The standard InChI is InChI=1S/C13H11N5/c14-12(9-5-7-15-8-6-9)18-13-16-10-3-1-2-4-11(10)17-13/h1-8H,(H3,14,16,17,18). The number of aromatic amines is 1. The van der Waals surface area contributed by atoms with E-state index < -0.39 is 0 Å². The van der Waals surface area contributed by atoms with Crippen molar-refractivity contribution < 1.29 is 0 Å². The average Bonchev–Trinajstić information content (AvgIpc) is 2.82. The number of hydrogen-bond donors (Lipinski definition) is 2. The van der Waals surface area contributed by atoms with Crippen LogP contribution in [0.1, 0.15) is 5.56 Å². The molecule has 5 nitrogen and oxygen atoms in total. The van der Waals surface area contributed by atoms with Gasteiger partial charge in [0.1, 0.15) is 5.84 Å². The van der Waals surface area contributed by atoms with Gasteiger partial charge in [0.05, 0.1) is 11.0 Å². The molecule has 18 heavy (non-hydrogen) atoms. The number of nitrogens with two attached hydrogens (primary N) is 1. The molecule has 1 aromatic carbocycles. The third-order valence-electron chi connectivity index (χ3n) is 2.58. The first-order valence-electron chi connectivity index (χ1n) is 5.52. The maximum atomic E-state index is 5.91. The van der Waals surface area contributed by atoms with Gasteiger partial charge >= 0.3 is 0 Å². The number of hydrogen-bond acceptors (Lipinski definition) is 3. The molecule has 0 spiro atoms. The van der Waals surface area contributed by atoms with E-state index in [9.17, 15) is 0 Å². The number of nitrogens with zero attached hydrogens (tertiary/aromatic N) is 3. The van der Waals surface area contributed by atoms with Gasteiger partial charge in [0.15, 0.2) is 0 Å². The number of fused-ring (bicyclic) bond motifs is 1. The zero-order valence-electron chi connectivity index (χ0n) is 9.54. The SMILES string of the molecule is N/C(=N\c1nc2ccccc2[nH]1)c1ccncc1. The van der Waals surface area contributed by atoms with Gasteiger partial charge in [-0.25, -0.2) is 4.98 Å². The first kappa shape index (κ1) is 10.5. The number of pyridine rings is 1. The summed E-state index contributed by atoms with van der Waals surface area (Å²) in [6.45, 7) is 0. The summed E-state index contributed by atoms with van der Waals surface area (Å²) in [5.41, 5.74) is 8.55. The van der Waals surface area contributed by atoms with Crippen LogP contribution >= 0.6 is 0 Å². The normalized spacial score (nSPS) is 11.9. The molecule has 0 radical (unpaired) electrons. The molecule has 0 saturated heterocycles. The topological polar surface area (TPSA) is 80.0 Å². The van der Waals surface area contributed by atoms with Crippen molar-refractivity contribution in [1.82, 2.24) is 15.0 Å². The predicted octanol–water partition coefficient (Wildman–Crippen LogP) is 1.99. The van der Waals surface area contributed by atoms with Crippen LogP contribution in [-0.2, 0) is 0 Å². The van der Waals surface area contributed by atoms with E-state index in [0.29, 0.717) is 11.8 Å². The predicted molar refractivity (Wildman–Crippen MR) is 70.7 cm³/mol. The van der Waals surface area contributed by atoms with Gasteiger partial charge in [-0.1, -0.05) is 12.1 Å². The van der Waals surface area contributed by atoms with Gasteiger partial charge in [0.25, 0.3) is 0 Å². The number of aromatic nitrogens is 3. The molecule has 0 aliphatic rings. The van der Waals surface area contributed by atoms with Gasteiger partial charge in [-0.2, -0.15) is 4.99 Å². The zero-order valence-corrected chi connectivity index (χ0v) is 9.54. The van der Waals surface area contributed by atoms with Crippen LogP contribution in [0.5, 0.6) is 0 Å². The molecule has 0 unspecified atom stereocenters. The second-order valence-electron chi connectivity index (χ2n) is 3.81. The van der Waals surface area contributed by atoms with Crippen molar-refractivity contribution in [2.24, 2.45) is 10.7 Å². The monoisotopic (exact) mass is 237 g/mol. The first-order chi connectivity index (χ1) is 8.83. The molecule has 0 fully saturated rings. The fourth-order valence-corrected chi connectivity index (χ4v) is 1.69. The van der Waals surface area contributed by atoms with Crippen molar-refractivity contribution in [3.63, 3.8) is 0 Å². The summed E-state index contributed by atoms with van der Waals surface area (Å²) in [7, 11) is 0. The molecule has 0 bridgehead atoms. The van der Waals surface area contributed by atoms with Gasteiger partial charge < -0.3 is 10.7 Å². The molecular weight excluding hydrogens is 226 g/mol. The largest absolute Gasteiger partial charge is 0.383 e.